The molecule has 1 fully saturated rings. The first kappa shape index (κ1) is 23.0. The van der Waals surface area contributed by atoms with E-state index in [0.717, 1.165) is 48.5 Å². The van der Waals surface area contributed by atoms with E-state index in [1.165, 1.54) is 17.8 Å². The van der Waals surface area contributed by atoms with Crippen molar-refractivity contribution in [2.75, 3.05) is 43.4 Å². The van der Waals surface area contributed by atoms with Crippen molar-refractivity contribution in [2.24, 2.45) is 0 Å². The molecular formula is C27H25F3N4O. The second-order valence-electron chi connectivity index (χ2n) is 8.61. The fraction of sp³-hybridized carbons (Fsp3) is 0.222. The maximum atomic E-state index is 12.5. The van der Waals surface area contributed by atoms with Crippen LogP contribution in [0.4, 0.5) is 30.2 Å². The van der Waals surface area contributed by atoms with Gasteiger partial charge in [0, 0.05) is 48.5 Å². The van der Waals surface area contributed by atoms with Crippen LogP contribution in [-0.4, -0.2) is 49.5 Å². The lowest BCUT2D eigenvalue weighted by Crippen LogP contribution is -2.44. The molecule has 0 atom stereocenters. The number of para-hydroxylation sites is 1. The Morgan fingerprint density at radius 3 is 2.23 bits per heavy atom. The molecule has 5 nitrogen and oxygen atoms in total. The first-order valence-corrected chi connectivity index (χ1v) is 11.4. The minimum absolute atomic E-state index is 0.263. The van der Waals surface area contributed by atoms with Gasteiger partial charge in [0.25, 0.3) is 0 Å². The van der Waals surface area contributed by atoms with Crippen LogP contribution in [-0.2, 0) is 0 Å². The Morgan fingerprint density at radius 2 is 1.54 bits per heavy atom. The number of fused-ring (bicyclic) bond motifs is 1. The van der Waals surface area contributed by atoms with Crippen LogP contribution in [0, 0.1) is 0 Å². The molecule has 8 heteroatoms. The minimum atomic E-state index is -4.72. The summed E-state index contributed by atoms with van der Waals surface area (Å²) in [4.78, 5) is 9.43. The Hall–Kier alpha value is -3.78. The number of likely N-dealkylation sites (N-methyl/N-ethyl adjacent to an activating group) is 1. The van der Waals surface area contributed by atoms with E-state index in [1.807, 2.05) is 30.3 Å². The third-order valence-corrected chi connectivity index (χ3v) is 6.11. The predicted molar refractivity (Wildman–Crippen MR) is 133 cm³/mol. The molecule has 35 heavy (non-hydrogen) atoms. The highest BCUT2D eigenvalue weighted by Crippen LogP contribution is 2.32. The Labute approximate surface area is 201 Å². The summed E-state index contributed by atoms with van der Waals surface area (Å²) >= 11 is 0. The average Bonchev–Trinajstić information content (AvgIpc) is 2.84. The summed E-state index contributed by atoms with van der Waals surface area (Å²) in [6, 6.07) is 23.8. The van der Waals surface area contributed by atoms with E-state index >= 15 is 0 Å². The van der Waals surface area contributed by atoms with E-state index < -0.39 is 6.36 Å². The number of rotatable bonds is 5. The summed E-state index contributed by atoms with van der Waals surface area (Å²) in [5.41, 5.74) is 5.15. The van der Waals surface area contributed by atoms with E-state index in [-0.39, 0.29) is 5.75 Å². The number of anilines is 3. The molecule has 5 rings (SSSR count). The summed E-state index contributed by atoms with van der Waals surface area (Å²) in [6.07, 6.45) is -4.72. The molecule has 0 spiro atoms. The molecule has 1 aromatic heterocycles. The summed E-state index contributed by atoms with van der Waals surface area (Å²) in [7, 11) is 2.14. The van der Waals surface area contributed by atoms with Crippen LogP contribution in [0.1, 0.15) is 0 Å². The summed E-state index contributed by atoms with van der Waals surface area (Å²) in [5, 5.41) is 4.45. The number of pyridine rings is 1. The second-order valence-corrected chi connectivity index (χ2v) is 8.61. The standard InChI is InChI=1S/C27H25F3N4O/c1-33-14-16-34(17-15-33)21-10-8-20(9-11-21)31-26-18-25(32-24-5-3-2-4-23(24)26)19-6-12-22(13-7-19)35-27(28,29)30/h2-13,18H,14-17H2,1H3,(H,31,32). The molecule has 1 N–H and O–H groups in total. The lowest BCUT2D eigenvalue weighted by atomic mass is 10.1. The van der Waals surface area contributed by atoms with Gasteiger partial charge in [0.2, 0.25) is 0 Å². The van der Waals surface area contributed by atoms with Gasteiger partial charge < -0.3 is 19.9 Å². The van der Waals surface area contributed by atoms with Crippen molar-refractivity contribution in [3.8, 4) is 17.0 Å². The number of benzene rings is 3. The van der Waals surface area contributed by atoms with Gasteiger partial charge in [0.05, 0.1) is 16.9 Å². The molecule has 0 saturated carbocycles. The molecule has 1 aliphatic heterocycles. The van der Waals surface area contributed by atoms with Crippen molar-refractivity contribution in [1.82, 2.24) is 9.88 Å². The van der Waals surface area contributed by atoms with Gasteiger partial charge in [0.1, 0.15) is 5.75 Å². The number of piperazine rings is 1. The lowest BCUT2D eigenvalue weighted by Gasteiger charge is -2.34. The number of nitrogens with zero attached hydrogens (tertiary/aromatic N) is 3. The number of alkyl halides is 3. The van der Waals surface area contributed by atoms with Gasteiger partial charge in [-0.05, 0) is 67.7 Å². The minimum Gasteiger partial charge on any atom is -0.406 e. The number of halogens is 3. The summed E-state index contributed by atoms with van der Waals surface area (Å²) in [6.45, 7) is 4.12. The largest absolute Gasteiger partial charge is 0.573 e. The zero-order valence-electron chi connectivity index (χ0n) is 19.2. The molecule has 3 aromatic carbocycles. The molecule has 0 radical (unpaired) electrons. The Bertz CT molecular complexity index is 1300. The van der Waals surface area contributed by atoms with Gasteiger partial charge in [-0.3, -0.25) is 0 Å². The summed E-state index contributed by atoms with van der Waals surface area (Å²) < 4.78 is 41.5. The average molecular weight is 479 g/mol. The van der Waals surface area contributed by atoms with Crippen LogP contribution in [0.3, 0.4) is 0 Å². The van der Waals surface area contributed by atoms with Crippen molar-refractivity contribution in [1.29, 1.82) is 0 Å². The van der Waals surface area contributed by atoms with Crippen LogP contribution < -0.4 is 15.0 Å². The van der Waals surface area contributed by atoms with Gasteiger partial charge in [-0.2, -0.15) is 0 Å². The quantitative estimate of drug-likeness (QED) is 0.365. The molecule has 180 valence electrons. The van der Waals surface area contributed by atoms with Gasteiger partial charge in [0.15, 0.2) is 0 Å². The fourth-order valence-corrected chi connectivity index (χ4v) is 4.23. The van der Waals surface area contributed by atoms with Crippen molar-refractivity contribution in [3.05, 3.63) is 78.9 Å². The normalized spacial score (nSPS) is 14.8. The molecule has 0 amide bonds. The Morgan fingerprint density at radius 1 is 0.857 bits per heavy atom. The number of nitrogens with one attached hydrogen (secondary N) is 1. The monoisotopic (exact) mass is 478 g/mol. The van der Waals surface area contributed by atoms with Crippen molar-refractivity contribution in [2.45, 2.75) is 6.36 Å². The van der Waals surface area contributed by atoms with Crippen molar-refractivity contribution >= 4 is 28.0 Å². The topological polar surface area (TPSA) is 40.6 Å². The van der Waals surface area contributed by atoms with E-state index in [0.29, 0.717) is 11.3 Å². The van der Waals surface area contributed by atoms with E-state index in [2.05, 4.69) is 51.2 Å². The highest BCUT2D eigenvalue weighted by molar-refractivity contribution is 5.95. The van der Waals surface area contributed by atoms with Crippen molar-refractivity contribution < 1.29 is 17.9 Å². The number of aromatic nitrogens is 1. The zero-order chi connectivity index (χ0) is 24.4. The molecule has 2 heterocycles. The first-order chi connectivity index (χ1) is 16.8. The van der Waals surface area contributed by atoms with Crippen LogP contribution in [0.25, 0.3) is 22.2 Å². The SMILES string of the molecule is CN1CCN(c2ccc(Nc3cc(-c4ccc(OC(F)(F)F)cc4)nc4ccccc34)cc2)CC1. The van der Waals surface area contributed by atoms with Crippen LogP contribution >= 0.6 is 0 Å². The second kappa shape index (κ2) is 9.46. The maximum absolute atomic E-state index is 12.5. The molecule has 0 bridgehead atoms. The Kier molecular flexibility index (Phi) is 6.21. The van der Waals surface area contributed by atoms with E-state index in [1.54, 1.807) is 12.1 Å². The van der Waals surface area contributed by atoms with Crippen LogP contribution in [0.5, 0.6) is 5.75 Å². The van der Waals surface area contributed by atoms with Gasteiger partial charge >= 0.3 is 6.36 Å². The molecule has 1 saturated heterocycles. The third kappa shape index (κ3) is 5.49. The third-order valence-electron chi connectivity index (χ3n) is 6.11. The smallest absolute Gasteiger partial charge is 0.406 e. The maximum Gasteiger partial charge on any atom is 0.573 e. The number of hydrogen-bond donors (Lipinski definition) is 1. The summed E-state index contributed by atoms with van der Waals surface area (Å²) in [5.74, 6) is -0.263. The number of ether oxygens (including phenoxy) is 1. The molecule has 1 aliphatic rings. The highest BCUT2D eigenvalue weighted by atomic mass is 19.4. The first-order valence-electron chi connectivity index (χ1n) is 11.4. The molecule has 4 aromatic rings. The van der Waals surface area contributed by atoms with Crippen LogP contribution in [0.15, 0.2) is 78.9 Å². The van der Waals surface area contributed by atoms with Gasteiger partial charge in [-0.25, -0.2) is 4.98 Å². The molecule has 0 unspecified atom stereocenters. The molecule has 0 aliphatic carbocycles. The van der Waals surface area contributed by atoms with Crippen LogP contribution in [0.2, 0.25) is 0 Å². The number of hydrogen-bond acceptors (Lipinski definition) is 5. The molecular weight excluding hydrogens is 453 g/mol. The van der Waals surface area contributed by atoms with Gasteiger partial charge in [-0.1, -0.05) is 18.2 Å². The van der Waals surface area contributed by atoms with E-state index in [4.69, 9.17) is 4.98 Å². The lowest BCUT2D eigenvalue weighted by molar-refractivity contribution is -0.274. The van der Waals surface area contributed by atoms with E-state index in [9.17, 15) is 13.2 Å². The fourth-order valence-electron chi connectivity index (χ4n) is 4.23. The Balaban J connectivity index is 1.41. The highest BCUT2D eigenvalue weighted by Gasteiger charge is 2.31. The van der Waals surface area contributed by atoms with Gasteiger partial charge in [-0.15, -0.1) is 13.2 Å². The zero-order valence-corrected chi connectivity index (χ0v) is 19.2. The van der Waals surface area contributed by atoms with Crippen molar-refractivity contribution in [3.63, 3.8) is 0 Å². The predicted octanol–water partition coefficient (Wildman–Crippen LogP) is 6.30.